The van der Waals surface area contributed by atoms with Crippen molar-refractivity contribution < 1.29 is 22.4 Å². The molecule has 0 saturated heterocycles. The predicted molar refractivity (Wildman–Crippen MR) is 152 cm³/mol. The van der Waals surface area contributed by atoms with Crippen LogP contribution in [-0.4, -0.2) is 43.8 Å². The molecule has 0 unspecified atom stereocenters. The fourth-order valence-electron chi connectivity index (χ4n) is 3.77. The third-order valence-corrected chi connectivity index (χ3v) is 8.58. The highest BCUT2D eigenvalue weighted by Gasteiger charge is 2.34. The zero-order valence-electron chi connectivity index (χ0n) is 21.8. The van der Waals surface area contributed by atoms with Gasteiger partial charge in [0.15, 0.2) is 0 Å². The molecule has 2 atom stereocenters. The summed E-state index contributed by atoms with van der Waals surface area (Å²) >= 11 is 12.5. The van der Waals surface area contributed by atoms with Crippen LogP contribution in [0, 0.1) is 5.82 Å². The van der Waals surface area contributed by atoms with E-state index in [2.05, 4.69) is 5.32 Å². The molecule has 0 aromatic heterocycles. The smallest absolute Gasteiger partial charge is 0.264 e. The molecule has 1 N–H and O–H groups in total. The van der Waals surface area contributed by atoms with Crippen LogP contribution in [-0.2, 0) is 26.2 Å². The largest absolute Gasteiger partial charge is 0.352 e. The first-order valence-electron chi connectivity index (χ1n) is 12.3. The zero-order chi connectivity index (χ0) is 28.7. The maximum atomic E-state index is 14.6. The number of hydrogen-bond acceptors (Lipinski definition) is 4. The van der Waals surface area contributed by atoms with Gasteiger partial charge in [0, 0.05) is 23.2 Å². The molecule has 7 nitrogen and oxygen atoms in total. The molecule has 0 aliphatic carbocycles. The zero-order valence-corrected chi connectivity index (χ0v) is 24.1. The van der Waals surface area contributed by atoms with E-state index in [4.69, 9.17) is 23.2 Å². The van der Waals surface area contributed by atoms with Crippen LogP contribution in [0.5, 0.6) is 0 Å². The summed E-state index contributed by atoms with van der Waals surface area (Å²) in [6.07, 6.45) is 0.663. The van der Waals surface area contributed by atoms with Crippen molar-refractivity contribution in [3.63, 3.8) is 0 Å². The fourth-order valence-corrected chi connectivity index (χ4v) is 5.65. The third kappa shape index (κ3) is 7.50. The van der Waals surface area contributed by atoms with Gasteiger partial charge in [-0.25, -0.2) is 12.8 Å². The van der Waals surface area contributed by atoms with Crippen LogP contribution in [0.2, 0.25) is 10.0 Å². The number of rotatable bonds is 11. The van der Waals surface area contributed by atoms with Crippen LogP contribution in [0.1, 0.15) is 32.8 Å². The summed E-state index contributed by atoms with van der Waals surface area (Å²) in [5.74, 6) is -1.75. The van der Waals surface area contributed by atoms with E-state index in [0.717, 1.165) is 9.21 Å². The predicted octanol–water partition coefficient (Wildman–Crippen LogP) is 5.66. The van der Waals surface area contributed by atoms with Gasteiger partial charge in [0.1, 0.15) is 18.4 Å². The lowest BCUT2D eigenvalue weighted by atomic mass is 10.1. The number of anilines is 1. The van der Waals surface area contributed by atoms with Gasteiger partial charge in [0.25, 0.3) is 10.0 Å². The minimum Gasteiger partial charge on any atom is -0.352 e. The Bertz CT molecular complexity index is 1420. The molecule has 0 saturated carbocycles. The van der Waals surface area contributed by atoms with Gasteiger partial charge >= 0.3 is 0 Å². The van der Waals surface area contributed by atoms with Crippen molar-refractivity contribution in [1.29, 1.82) is 0 Å². The second-order valence-electron chi connectivity index (χ2n) is 9.03. The Morgan fingerprint density at radius 2 is 1.62 bits per heavy atom. The number of benzene rings is 3. The van der Waals surface area contributed by atoms with Crippen molar-refractivity contribution in [2.75, 3.05) is 10.8 Å². The topological polar surface area (TPSA) is 86.8 Å². The van der Waals surface area contributed by atoms with Crippen molar-refractivity contribution in [2.45, 2.75) is 50.7 Å². The van der Waals surface area contributed by atoms with E-state index in [1.807, 2.05) is 13.8 Å². The van der Waals surface area contributed by atoms with Crippen LogP contribution >= 0.6 is 23.2 Å². The Balaban J connectivity index is 2.07. The molecule has 11 heteroatoms. The fraction of sp³-hybridized carbons (Fsp3) is 0.286. The number of nitrogens with zero attached hydrogens (tertiary/aromatic N) is 2. The monoisotopic (exact) mass is 593 g/mol. The van der Waals surface area contributed by atoms with Crippen LogP contribution in [0.3, 0.4) is 0 Å². The summed E-state index contributed by atoms with van der Waals surface area (Å²) in [7, 11) is -4.30. The van der Waals surface area contributed by atoms with E-state index < -0.39 is 40.2 Å². The number of carbonyl (C=O) groups excluding carboxylic acids is 2. The average molecular weight is 595 g/mol. The molecule has 39 heavy (non-hydrogen) atoms. The molecule has 0 fully saturated rings. The molecule has 0 aliphatic heterocycles. The first-order valence-corrected chi connectivity index (χ1v) is 14.5. The van der Waals surface area contributed by atoms with E-state index in [1.165, 1.54) is 55.5 Å². The molecule has 0 radical (unpaired) electrons. The second-order valence-corrected chi connectivity index (χ2v) is 11.7. The van der Waals surface area contributed by atoms with Crippen LogP contribution in [0.4, 0.5) is 10.1 Å². The Hall–Kier alpha value is -3.14. The first-order chi connectivity index (χ1) is 18.4. The van der Waals surface area contributed by atoms with Gasteiger partial charge in [-0.1, -0.05) is 66.5 Å². The molecule has 0 spiro atoms. The maximum absolute atomic E-state index is 14.6. The van der Waals surface area contributed by atoms with Gasteiger partial charge < -0.3 is 10.2 Å². The Labute approximate surface area is 238 Å². The molecule has 3 aromatic carbocycles. The number of sulfonamides is 1. The Kier molecular flexibility index (Phi) is 10.4. The van der Waals surface area contributed by atoms with Crippen LogP contribution in [0.25, 0.3) is 0 Å². The number of hydrogen-bond donors (Lipinski definition) is 1. The quantitative estimate of drug-likeness (QED) is 0.311. The average Bonchev–Trinajstić information content (AvgIpc) is 2.92. The number of nitrogens with one attached hydrogen (secondary N) is 1. The lowest BCUT2D eigenvalue weighted by molar-refractivity contribution is -0.139. The van der Waals surface area contributed by atoms with E-state index in [1.54, 1.807) is 24.3 Å². The van der Waals surface area contributed by atoms with Crippen molar-refractivity contribution in [3.05, 3.63) is 94.2 Å². The normalized spacial score (nSPS) is 12.9. The number of carbonyl (C=O) groups is 2. The van der Waals surface area contributed by atoms with Crippen molar-refractivity contribution >= 4 is 50.7 Å². The molecule has 2 amide bonds. The SMILES string of the molecule is CC[C@@H](C)NC(=O)[C@H](C)N(Cc1ccccc1F)C(=O)CN(c1cc(Cl)ccc1Cl)S(=O)(=O)c1ccccc1. The summed E-state index contributed by atoms with van der Waals surface area (Å²) in [5, 5.41) is 3.08. The summed E-state index contributed by atoms with van der Waals surface area (Å²) < 4.78 is 43.0. The van der Waals surface area contributed by atoms with Gasteiger partial charge in [-0.3, -0.25) is 13.9 Å². The Morgan fingerprint density at radius 1 is 0.974 bits per heavy atom. The van der Waals surface area contributed by atoms with Gasteiger partial charge in [-0.2, -0.15) is 0 Å². The second kappa shape index (κ2) is 13.3. The molecule has 208 valence electrons. The first kappa shape index (κ1) is 30.4. The minimum atomic E-state index is -4.30. The summed E-state index contributed by atoms with van der Waals surface area (Å²) in [4.78, 5) is 28.0. The molecule has 0 heterocycles. The molecular weight excluding hydrogens is 564 g/mol. The molecule has 0 bridgehead atoms. The van der Waals surface area contributed by atoms with Gasteiger partial charge in [0.2, 0.25) is 11.8 Å². The van der Waals surface area contributed by atoms with E-state index in [0.29, 0.717) is 6.42 Å². The number of amides is 2. The summed E-state index contributed by atoms with van der Waals surface area (Å²) in [6, 6.07) is 16.5. The minimum absolute atomic E-state index is 0.0103. The van der Waals surface area contributed by atoms with Gasteiger partial charge in [-0.05, 0) is 56.7 Å². The van der Waals surface area contributed by atoms with E-state index >= 15 is 0 Å². The summed E-state index contributed by atoms with van der Waals surface area (Å²) in [5.41, 5.74) is 0.163. The highest BCUT2D eigenvalue weighted by atomic mass is 35.5. The van der Waals surface area contributed by atoms with Crippen LogP contribution in [0.15, 0.2) is 77.7 Å². The molecule has 3 rings (SSSR count). The van der Waals surface area contributed by atoms with Crippen LogP contribution < -0.4 is 9.62 Å². The van der Waals surface area contributed by atoms with E-state index in [9.17, 15) is 22.4 Å². The van der Waals surface area contributed by atoms with E-state index in [-0.39, 0.29) is 38.8 Å². The highest BCUT2D eigenvalue weighted by molar-refractivity contribution is 7.92. The molecular formula is C28H30Cl2FN3O4S. The Morgan fingerprint density at radius 3 is 2.26 bits per heavy atom. The lowest BCUT2D eigenvalue weighted by Gasteiger charge is -2.32. The van der Waals surface area contributed by atoms with Gasteiger partial charge in [0.05, 0.1) is 15.6 Å². The standard InChI is InChI=1S/C28H30Cl2FN3O4S/c1-4-19(2)32-28(36)20(3)33(17-21-10-8-9-13-25(21)31)27(35)18-34(26-16-22(29)14-15-24(26)30)39(37,38)23-11-6-5-7-12-23/h5-16,19-20H,4,17-18H2,1-3H3,(H,32,36)/t19-,20+/m1/s1. The van der Waals surface area contributed by atoms with Crippen molar-refractivity contribution in [1.82, 2.24) is 10.2 Å². The van der Waals surface area contributed by atoms with Crippen molar-refractivity contribution in [3.8, 4) is 0 Å². The molecule has 0 aliphatic rings. The van der Waals surface area contributed by atoms with Gasteiger partial charge in [-0.15, -0.1) is 0 Å². The molecule has 3 aromatic rings. The highest BCUT2D eigenvalue weighted by Crippen LogP contribution is 2.33. The summed E-state index contributed by atoms with van der Waals surface area (Å²) in [6.45, 7) is 4.26. The number of halogens is 3. The maximum Gasteiger partial charge on any atom is 0.264 e. The van der Waals surface area contributed by atoms with Crippen molar-refractivity contribution in [2.24, 2.45) is 0 Å². The lowest BCUT2D eigenvalue weighted by Crippen LogP contribution is -2.52. The third-order valence-electron chi connectivity index (χ3n) is 6.25.